The van der Waals surface area contributed by atoms with Crippen LogP contribution in [0, 0.1) is 5.92 Å². The Bertz CT molecular complexity index is 321. The smallest absolute Gasteiger partial charge is 0.123 e. The summed E-state index contributed by atoms with van der Waals surface area (Å²) in [5.41, 5.74) is 0. The van der Waals surface area contributed by atoms with Crippen LogP contribution in [0.2, 0.25) is 0 Å². The molecule has 0 atom stereocenters. The molecule has 16 heavy (non-hydrogen) atoms. The van der Waals surface area contributed by atoms with Gasteiger partial charge in [-0.05, 0) is 30.9 Å². The third-order valence-electron chi connectivity index (χ3n) is 2.54. The standard InChI is InChI=1S/C13H18O3/c1-14-7-8-15-12-3-2-4-13(9-12)16-10-11-5-6-11/h2-4,9,11H,5-8,10H2,1H3. The van der Waals surface area contributed by atoms with E-state index in [4.69, 9.17) is 14.2 Å². The summed E-state index contributed by atoms with van der Waals surface area (Å²) in [7, 11) is 1.67. The van der Waals surface area contributed by atoms with E-state index in [1.54, 1.807) is 7.11 Å². The molecule has 3 nitrogen and oxygen atoms in total. The molecule has 0 aromatic heterocycles. The molecule has 1 aliphatic carbocycles. The van der Waals surface area contributed by atoms with Crippen molar-refractivity contribution in [3.05, 3.63) is 24.3 Å². The maximum absolute atomic E-state index is 5.67. The number of hydrogen-bond acceptors (Lipinski definition) is 3. The molecular formula is C13H18O3. The zero-order valence-corrected chi connectivity index (χ0v) is 9.65. The van der Waals surface area contributed by atoms with Gasteiger partial charge in [0, 0.05) is 13.2 Å². The summed E-state index contributed by atoms with van der Waals surface area (Å²) >= 11 is 0. The van der Waals surface area contributed by atoms with E-state index in [0.717, 1.165) is 24.0 Å². The average Bonchev–Trinajstić information content (AvgIpc) is 3.11. The summed E-state index contributed by atoms with van der Waals surface area (Å²) < 4.78 is 16.1. The van der Waals surface area contributed by atoms with Gasteiger partial charge in [-0.2, -0.15) is 0 Å². The van der Waals surface area contributed by atoms with Gasteiger partial charge in [0.1, 0.15) is 18.1 Å². The first-order valence-electron chi connectivity index (χ1n) is 5.73. The molecule has 1 fully saturated rings. The highest BCUT2D eigenvalue weighted by atomic mass is 16.5. The van der Waals surface area contributed by atoms with Gasteiger partial charge in [0.05, 0.1) is 13.2 Å². The van der Waals surface area contributed by atoms with E-state index in [0.29, 0.717) is 13.2 Å². The Balaban J connectivity index is 1.80. The fourth-order valence-electron chi connectivity index (χ4n) is 1.40. The van der Waals surface area contributed by atoms with Gasteiger partial charge in [-0.1, -0.05) is 6.07 Å². The minimum Gasteiger partial charge on any atom is -0.493 e. The van der Waals surface area contributed by atoms with Crippen LogP contribution < -0.4 is 9.47 Å². The van der Waals surface area contributed by atoms with Gasteiger partial charge in [-0.25, -0.2) is 0 Å². The summed E-state index contributed by atoms with van der Waals surface area (Å²) in [4.78, 5) is 0. The Morgan fingerprint density at radius 2 is 1.88 bits per heavy atom. The van der Waals surface area contributed by atoms with E-state index < -0.39 is 0 Å². The van der Waals surface area contributed by atoms with Crippen LogP contribution in [0.4, 0.5) is 0 Å². The van der Waals surface area contributed by atoms with Gasteiger partial charge in [0.15, 0.2) is 0 Å². The molecule has 0 heterocycles. The topological polar surface area (TPSA) is 27.7 Å². The van der Waals surface area contributed by atoms with Crippen molar-refractivity contribution < 1.29 is 14.2 Å². The third-order valence-corrected chi connectivity index (χ3v) is 2.54. The first-order chi connectivity index (χ1) is 7.88. The fourth-order valence-corrected chi connectivity index (χ4v) is 1.40. The van der Waals surface area contributed by atoms with Crippen LogP contribution >= 0.6 is 0 Å². The summed E-state index contributed by atoms with van der Waals surface area (Å²) in [5, 5.41) is 0. The highest BCUT2D eigenvalue weighted by Gasteiger charge is 2.21. The summed E-state index contributed by atoms with van der Waals surface area (Å²) in [5.74, 6) is 2.50. The first kappa shape index (κ1) is 11.3. The minimum atomic E-state index is 0.572. The molecule has 1 saturated carbocycles. The van der Waals surface area contributed by atoms with Gasteiger partial charge >= 0.3 is 0 Å². The van der Waals surface area contributed by atoms with Crippen molar-refractivity contribution in [3.63, 3.8) is 0 Å². The summed E-state index contributed by atoms with van der Waals surface area (Å²) in [6.07, 6.45) is 2.62. The molecule has 0 radical (unpaired) electrons. The van der Waals surface area contributed by atoms with Gasteiger partial charge < -0.3 is 14.2 Å². The summed E-state index contributed by atoms with van der Waals surface area (Å²) in [6, 6.07) is 7.77. The lowest BCUT2D eigenvalue weighted by atomic mass is 10.3. The predicted octanol–water partition coefficient (Wildman–Crippen LogP) is 2.50. The largest absolute Gasteiger partial charge is 0.493 e. The normalized spacial score (nSPS) is 14.8. The maximum atomic E-state index is 5.67. The molecule has 0 aliphatic heterocycles. The van der Waals surface area contributed by atoms with Crippen LogP contribution in [0.1, 0.15) is 12.8 Å². The molecule has 0 saturated heterocycles. The summed E-state index contributed by atoms with van der Waals surface area (Å²) in [6.45, 7) is 2.01. The van der Waals surface area contributed by atoms with E-state index in [9.17, 15) is 0 Å². The lowest BCUT2D eigenvalue weighted by molar-refractivity contribution is 0.146. The number of rotatable bonds is 7. The fraction of sp³-hybridized carbons (Fsp3) is 0.538. The van der Waals surface area contributed by atoms with Crippen LogP contribution in [-0.4, -0.2) is 26.9 Å². The molecule has 0 N–H and O–H groups in total. The average molecular weight is 222 g/mol. The molecule has 0 unspecified atom stereocenters. The second-order valence-corrected chi connectivity index (χ2v) is 4.07. The van der Waals surface area contributed by atoms with E-state index in [1.165, 1.54) is 12.8 Å². The van der Waals surface area contributed by atoms with Gasteiger partial charge in [-0.3, -0.25) is 0 Å². The molecule has 1 aromatic carbocycles. The molecule has 88 valence electrons. The molecule has 1 aliphatic rings. The lowest BCUT2D eigenvalue weighted by Gasteiger charge is -2.08. The Hall–Kier alpha value is -1.22. The van der Waals surface area contributed by atoms with Gasteiger partial charge in [-0.15, -0.1) is 0 Å². The molecule has 1 aromatic rings. The van der Waals surface area contributed by atoms with E-state index >= 15 is 0 Å². The third kappa shape index (κ3) is 3.74. The van der Waals surface area contributed by atoms with Crippen molar-refractivity contribution >= 4 is 0 Å². The second kappa shape index (κ2) is 5.75. The Morgan fingerprint density at radius 1 is 1.12 bits per heavy atom. The van der Waals surface area contributed by atoms with E-state index in [2.05, 4.69) is 0 Å². The monoisotopic (exact) mass is 222 g/mol. The van der Waals surface area contributed by atoms with E-state index in [1.807, 2.05) is 24.3 Å². The Kier molecular flexibility index (Phi) is 4.05. The number of ether oxygens (including phenoxy) is 3. The zero-order valence-electron chi connectivity index (χ0n) is 9.65. The van der Waals surface area contributed by atoms with Crippen molar-refractivity contribution in [2.75, 3.05) is 26.9 Å². The number of methoxy groups -OCH3 is 1. The van der Waals surface area contributed by atoms with Gasteiger partial charge in [0.2, 0.25) is 0 Å². The van der Waals surface area contributed by atoms with Crippen LogP contribution in [0.3, 0.4) is 0 Å². The van der Waals surface area contributed by atoms with Crippen molar-refractivity contribution in [2.45, 2.75) is 12.8 Å². The van der Waals surface area contributed by atoms with Crippen molar-refractivity contribution in [1.29, 1.82) is 0 Å². The lowest BCUT2D eigenvalue weighted by Crippen LogP contribution is -2.04. The Morgan fingerprint density at radius 3 is 2.56 bits per heavy atom. The molecular weight excluding hydrogens is 204 g/mol. The zero-order chi connectivity index (χ0) is 11.2. The Labute approximate surface area is 96.3 Å². The predicted molar refractivity (Wildman–Crippen MR) is 62.0 cm³/mol. The molecule has 0 spiro atoms. The number of benzene rings is 1. The van der Waals surface area contributed by atoms with Crippen molar-refractivity contribution in [3.8, 4) is 11.5 Å². The molecule has 3 heteroatoms. The molecule has 2 rings (SSSR count). The van der Waals surface area contributed by atoms with Crippen LogP contribution in [0.5, 0.6) is 11.5 Å². The van der Waals surface area contributed by atoms with Crippen LogP contribution in [0.15, 0.2) is 24.3 Å². The second-order valence-electron chi connectivity index (χ2n) is 4.07. The SMILES string of the molecule is COCCOc1cccc(OCC2CC2)c1. The highest BCUT2D eigenvalue weighted by Crippen LogP contribution is 2.30. The number of hydrogen-bond donors (Lipinski definition) is 0. The van der Waals surface area contributed by atoms with Gasteiger partial charge in [0.25, 0.3) is 0 Å². The van der Waals surface area contributed by atoms with Crippen LogP contribution in [-0.2, 0) is 4.74 Å². The maximum Gasteiger partial charge on any atom is 0.123 e. The first-order valence-corrected chi connectivity index (χ1v) is 5.73. The van der Waals surface area contributed by atoms with E-state index in [-0.39, 0.29) is 0 Å². The quantitative estimate of drug-likeness (QED) is 0.663. The van der Waals surface area contributed by atoms with Crippen molar-refractivity contribution in [2.24, 2.45) is 5.92 Å². The van der Waals surface area contributed by atoms with Crippen LogP contribution in [0.25, 0.3) is 0 Å². The highest BCUT2D eigenvalue weighted by molar-refractivity contribution is 5.32. The minimum absolute atomic E-state index is 0.572. The molecule has 0 amide bonds. The van der Waals surface area contributed by atoms with Crippen molar-refractivity contribution in [1.82, 2.24) is 0 Å². The molecule has 0 bridgehead atoms.